The van der Waals surface area contributed by atoms with Gasteiger partial charge in [0.05, 0.1) is 26.5 Å². The number of hydrogen-bond donors (Lipinski definition) is 1. The normalized spacial score (nSPS) is 15.1. The molecule has 0 spiro atoms. The second-order valence-electron chi connectivity index (χ2n) is 4.44. The van der Waals surface area contributed by atoms with E-state index < -0.39 is 0 Å². The largest absolute Gasteiger partial charge is 0.493 e. The maximum atomic E-state index is 5.42. The minimum atomic E-state index is 0.401. The summed E-state index contributed by atoms with van der Waals surface area (Å²) >= 11 is 0. The fourth-order valence-electron chi connectivity index (χ4n) is 2.13. The van der Waals surface area contributed by atoms with E-state index >= 15 is 0 Å². The predicted octanol–water partition coefficient (Wildman–Crippen LogP) is 1.11. The molecule has 0 atom stereocenters. The van der Waals surface area contributed by atoms with Crippen molar-refractivity contribution in [2.75, 3.05) is 27.3 Å². The van der Waals surface area contributed by atoms with Gasteiger partial charge in [0.1, 0.15) is 5.69 Å². The van der Waals surface area contributed by atoms with Crippen LogP contribution in [-0.2, 0) is 0 Å². The van der Waals surface area contributed by atoms with Crippen molar-refractivity contribution in [3.63, 3.8) is 0 Å². The van der Waals surface area contributed by atoms with Gasteiger partial charge in [0.15, 0.2) is 11.5 Å². The molecule has 1 aliphatic heterocycles. The van der Waals surface area contributed by atoms with E-state index in [1.807, 2.05) is 29.1 Å². The van der Waals surface area contributed by atoms with E-state index in [4.69, 9.17) is 9.47 Å². The Morgan fingerprint density at radius 3 is 2.74 bits per heavy atom. The summed E-state index contributed by atoms with van der Waals surface area (Å²) in [6.07, 6.45) is 1.95. The topological polar surface area (TPSA) is 61.2 Å². The molecule has 1 aliphatic rings. The van der Waals surface area contributed by atoms with Crippen molar-refractivity contribution < 1.29 is 9.47 Å². The molecule has 6 nitrogen and oxygen atoms in total. The third-order valence-corrected chi connectivity index (χ3v) is 3.32. The van der Waals surface area contributed by atoms with Gasteiger partial charge in [-0.05, 0) is 12.1 Å². The third kappa shape index (κ3) is 2.04. The fourth-order valence-corrected chi connectivity index (χ4v) is 2.13. The molecule has 100 valence electrons. The second kappa shape index (κ2) is 4.89. The summed E-state index contributed by atoms with van der Waals surface area (Å²) in [4.78, 5) is 0. The summed E-state index contributed by atoms with van der Waals surface area (Å²) in [5.41, 5.74) is 1.68. The Morgan fingerprint density at radius 2 is 2.11 bits per heavy atom. The van der Waals surface area contributed by atoms with Crippen LogP contribution in [0, 0.1) is 0 Å². The van der Waals surface area contributed by atoms with Gasteiger partial charge in [-0.15, -0.1) is 5.10 Å². The Hall–Kier alpha value is -2.08. The second-order valence-corrected chi connectivity index (χ2v) is 4.44. The highest BCUT2D eigenvalue weighted by Gasteiger charge is 2.21. The zero-order valence-corrected chi connectivity index (χ0v) is 11.0. The smallest absolute Gasteiger partial charge is 0.170 e. The van der Waals surface area contributed by atoms with E-state index in [1.54, 1.807) is 14.2 Å². The molecule has 0 radical (unpaired) electrons. The maximum absolute atomic E-state index is 5.42. The van der Waals surface area contributed by atoms with Crippen LogP contribution in [0.1, 0.15) is 6.04 Å². The molecule has 1 fully saturated rings. The van der Waals surface area contributed by atoms with Gasteiger partial charge in [-0.2, -0.15) is 0 Å². The first-order chi connectivity index (χ1) is 9.33. The van der Waals surface area contributed by atoms with Crippen LogP contribution >= 0.6 is 0 Å². The molecule has 19 heavy (non-hydrogen) atoms. The number of nitrogens with one attached hydrogen (secondary N) is 1. The van der Waals surface area contributed by atoms with Crippen molar-refractivity contribution in [3.05, 3.63) is 24.4 Å². The fraction of sp³-hybridized carbons (Fsp3) is 0.385. The van der Waals surface area contributed by atoms with Crippen molar-refractivity contribution >= 4 is 0 Å². The molecule has 1 N–H and O–H groups in total. The standard InChI is InChI=1S/C13H16N4O2/c1-18-12-5-3-4-10(13(12)19-2)11-8-17(16-15-11)9-6-14-7-9/h3-5,8-9,14H,6-7H2,1-2H3. The molecule has 0 saturated carbocycles. The zero-order valence-electron chi connectivity index (χ0n) is 11.0. The van der Waals surface area contributed by atoms with Crippen LogP contribution < -0.4 is 14.8 Å². The van der Waals surface area contributed by atoms with Gasteiger partial charge in [-0.25, -0.2) is 4.68 Å². The molecule has 0 unspecified atom stereocenters. The highest BCUT2D eigenvalue weighted by Crippen LogP contribution is 2.36. The molecular formula is C13H16N4O2. The number of benzene rings is 1. The number of rotatable bonds is 4. The molecule has 0 aliphatic carbocycles. The van der Waals surface area contributed by atoms with Crippen molar-refractivity contribution in [3.8, 4) is 22.8 Å². The van der Waals surface area contributed by atoms with Crippen molar-refractivity contribution in [1.29, 1.82) is 0 Å². The zero-order chi connectivity index (χ0) is 13.2. The minimum absolute atomic E-state index is 0.401. The molecule has 0 amide bonds. The molecule has 2 aromatic rings. The average Bonchev–Trinajstić information content (AvgIpc) is 2.84. The Morgan fingerprint density at radius 1 is 1.26 bits per heavy atom. The van der Waals surface area contributed by atoms with E-state index in [0.717, 1.165) is 24.3 Å². The van der Waals surface area contributed by atoms with E-state index in [0.29, 0.717) is 17.5 Å². The van der Waals surface area contributed by atoms with Crippen LogP contribution in [0.25, 0.3) is 11.3 Å². The molecule has 1 aromatic carbocycles. The van der Waals surface area contributed by atoms with Crippen molar-refractivity contribution in [2.24, 2.45) is 0 Å². The lowest BCUT2D eigenvalue weighted by atomic mass is 10.1. The first kappa shape index (κ1) is 12.0. The Kier molecular flexibility index (Phi) is 3.08. The van der Waals surface area contributed by atoms with E-state index in [2.05, 4.69) is 15.6 Å². The molecule has 3 rings (SSSR count). The highest BCUT2D eigenvalue weighted by molar-refractivity contribution is 5.70. The van der Waals surface area contributed by atoms with Gasteiger partial charge in [-0.1, -0.05) is 11.3 Å². The monoisotopic (exact) mass is 260 g/mol. The first-order valence-corrected chi connectivity index (χ1v) is 6.17. The Labute approximate surface area is 111 Å². The summed E-state index contributed by atoms with van der Waals surface area (Å²) in [5, 5.41) is 11.6. The maximum Gasteiger partial charge on any atom is 0.170 e. The number of para-hydroxylation sites is 1. The number of nitrogens with zero attached hydrogens (tertiary/aromatic N) is 3. The Balaban J connectivity index is 1.98. The first-order valence-electron chi connectivity index (χ1n) is 6.17. The third-order valence-electron chi connectivity index (χ3n) is 3.32. The summed E-state index contributed by atoms with van der Waals surface area (Å²) in [5.74, 6) is 1.38. The van der Waals surface area contributed by atoms with Crippen LogP contribution in [0.4, 0.5) is 0 Å². The van der Waals surface area contributed by atoms with Gasteiger partial charge in [0.25, 0.3) is 0 Å². The SMILES string of the molecule is COc1cccc(-c2cn(C3CNC3)nn2)c1OC. The molecule has 2 heterocycles. The molecule has 0 bridgehead atoms. The predicted molar refractivity (Wildman–Crippen MR) is 70.5 cm³/mol. The molecular weight excluding hydrogens is 244 g/mol. The quantitative estimate of drug-likeness (QED) is 0.892. The van der Waals surface area contributed by atoms with Gasteiger partial charge < -0.3 is 14.8 Å². The number of hydrogen-bond acceptors (Lipinski definition) is 5. The van der Waals surface area contributed by atoms with Gasteiger partial charge >= 0.3 is 0 Å². The highest BCUT2D eigenvalue weighted by atomic mass is 16.5. The summed E-state index contributed by atoms with van der Waals surface area (Å²) in [7, 11) is 3.25. The van der Waals surface area contributed by atoms with E-state index in [-0.39, 0.29) is 0 Å². The lowest BCUT2D eigenvalue weighted by molar-refractivity contribution is 0.313. The van der Waals surface area contributed by atoms with Crippen molar-refractivity contribution in [2.45, 2.75) is 6.04 Å². The Bertz CT molecular complexity index is 578. The van der Waals surface area contributed by atoms with Crippen LogP contribution in [0.15, 0.2) is 24.4 Å². The average molecular weight is 260 g/mol. The number of aromatic nitrogens is 3. The molecule has 1 aromatic heterocycles. The molecule has 1 saturated heterocycles. The van der Waals surface area contributed by atoms with Gasteiger partial charge in [0, 0.05) is 18.7 Å². The van der Waals surface area contributed by atoms with Crippen LogP contribution in [0.3, 0.4) is 0 Å². The lowest BCUT2D eigenvalue weighted by Gasteiger charge is -2.26. The molecule has 6 heteroatoms. The van der Waals surface area contributed by atoms with E-state index in [1.165, 1.54) is 0 Å². The number of ether oxygens (including phenoxy) is 2. The summed E-state index contributed by atoms with van der Waals surface area (Å²) in [6, 6.07) is 6.13. The van der Waals surface area contributed by atoms with Crippen LogP contribution in [-0.4, -0.2) is 42.3 Å². The van der Waals surface area contributed by atoms with Crippen molar-refractivity contribution in [1.82, 2.24) is 20.3 Å². The van der Waals surface area contributed by atoms with Crippen LogP contribution in [0.5, 0.6) is 11.5 Å². The summed E-state index contributed by atoms with van der Waals surface area (Å²) < 4.78 is 12.6. The lowest BCUT2D eigenvalue weighted by Crippen LogP contribution is -2.43. The summed E-state index contributed by atoms with van der Waals surface area (Å²) in [6.45, 7) is 1.89. The van der Waals surface area contributed by atoms with Gasteiger partial charge in [0.2, 0.25) is 0 Å². The minimum Gasteiger partial charge on any atom is -0.493 e. The van der Waals surface area contributed by atoms with Gasteiger partial charge in [-0.3, -0.25) is 0 Å². The number of methoxy groups -OCH3 is 2. The van der Waals surface area contributed by atoms with E-state index in [9.17, 15) is 0 Å². The van der Waals surface area contributed by atoms with Crippen LogP contribution in [0.2, 0.25) is 0 Å².